The Labute approximate surface area is 167 Å². The van der Waals surface area contributed by atoms with E-state index in [-0.39, 0.29) is 12.4 Å². The maximum atomic E-state index is 12.4. The van der Waals surface area contributed by atoms with Crippen molar-refractivity contribution in [1.82, 2.24) is 5.43 Å². The number of phenols is 1. The number of phenolic OH excluding ortho intramolecular Hbond substituents is 1. The molecule has 7 heteroatoms. The molecule has 1 atom stereocenters. The number of para-hydroxylation sites is 1. The number of rotatable bonds is 5. The Kier molecular flexibility index (Phi) is 5.20. The second-order valence-electron chi connectivity index (χ2n) is 6.42. The summed E-state index contributed by atoms with van der Waals surface area (Å²) < 4.78 is 16.8. The second kappa shape index (κ2) is 8.10. The molecule has 7 nitrogen and oxygen atoms in total. The Morgan fingerprint density at radius 2 is 1.97 bits per heavy atom. The molecular weight excluding hydrogens is 372 g/mol. The van der Waals surface area contributed by atoms with E-state index in [0.29, 0.717) is 29.4 Å². The molecule has 0 radical (unpaired) electrons. The van der Waals surface area contributed by atoms with Crippen LogP contribution in [0.5, 0.6) is 23.0 Å². The van der Waals surface area contributed by atoms with Crippen molar-refractivity contribution >= 4 is 22.9 Å². The van der Waals surface area contributed by atoms with Crippen LogP contribution in [-0.4, -0.2) is 36.5 Å². The average molecular weight is 392 g/mol. The number of ether oxygens (including phenoxy) is 3. The van der Waals surface area contributed by atoms with Crippen molar-refractivity contribution in [2.75, 3.05) is 13.2 Å². The van der Waals surface area contributed by atoms with Gasteiger partial charge in [-0.25, -0.2) is 5.43 Å². The van der Waals surface area contributed by atoms with Crippen LogP contribution in [-0.2, 0) is 4.79 Å². The predicted molar refractivity (Wildman–Crippen MR) is 109 cm³/mol. The highest BCUT2D eigenvalue weighted by atomic mass is 16.6. The van der Waals surface area contributed by atoms with E-state index in [1.165, 1.54) is 6.21 Å². The zero-order valence-corrected chi connectivity index (χ0v) is 15.8. The number of nitrogens with one attached hydrogen (secondary N) is 1. The molecule has 0 aromatic heterocycles. The van der Waals surface area contributed by atoms with Gasteiger partial charge in [0.2, 0.25) is 6.10 Å². The number of hydrogen-bond donors (Lipinski definition) is 2. The number of hydrazone groups is 1. The number of hydrogen-bond acceptors (Lipinski definition) is 6. The van der Waals surface area contributed by atoms with Gasteiger partial charge in [-0.3, -0.25) is 4.79 Å². The van der Waals surface area contributed by atoms with Gasteiger partial charge in [0.25, 0.3) is 5.91 Å². The van der Waals surface area contributed by atoms with Crippen LogP contribution < -0.4 is 19.6 Å². The Bertz CT molecular complexity index is 1080. The van der Waals surface area contributed by atoms with Crippen molar-refractivity contribution in [3.05, 3.63) is 60.2 Å². The third-order valence-corrected chi connectivity index (χ3v) is 4.47. The standard InChI is InChI=1S/C22H20N2O5/c1-2-27-17-9-5-8-16(21(17)25)12-23-24-22(26)20-13-28-18-10-14-6-3-4-7-15(14)11-19(18)29-20/h3-12,20,25H,2,13H2,1H3,(H,24,26)/b23-12+/t20-/m1/s1. The maximum absolute atomic E-state index is 12.4. The van der Waals surface area contributed by atoms with Crippen LogP contribution in [0.25, 0.3) is 10.8 Å². The summed E-state index contributed by atoms with van der Waals surface area (Å²) in [4.78, 5) is 12.4. The van der Waals surface area contributed by atoms with Gasteiger partial charge in [-0.1, -0.05) is 30.3 Å². The van der Waals surface area contributed by atoms with Gasteiger partial charge in [-0.2, -0.15) is 5.10 Å². The Morgan fingerprint density at radius 3 is 2.72 bits per heavy atom. The lowest BCUT2D eigenvalue weighted by Crippen LogP contribution is -2.42. The Morgan fingerprint density at radius 1 is 1.21 bits per heavy atom. The summed E-state index contributed by atoms with van der Waals surface area (Å²) in [5.74, 6) is 0.997. The van der Waals surface area contributed by atoms with Crippen LogP contribution in [0, 0.1) is 0 Å². The van der Waals surface area contributed by atoms with Gasteiger partial charge in [0.1, 0.15) is 6.61 Å². The van der Waals surface area contributed by atoms with Crippen molar-refractivity contribution in [2.24, 2.45) is 5.10 Å². The molecule has 3 aromatic rings. The molecule has 0 fully saturated rings. The second-order valence-corrected chi connectivity index (χ2v) is 6.42. The topological polar surface area (TPSA) is 89.4 Å². The number of benzene rings is 3. The van der Waals surface area contributed by atoms with Gasteiger partial charge in [-0.05, 0) is 42.0 Å². The minimum absolute atomic E-state index is 0.0367. The normalized spacial score (nSPS) is 15.4. The van der Waals surface area contributed by atoms with E-state index in [0.717, 1.165) is 10.8 Å². The van der Waals surface area contributed by atoms with Gasteiger partial charge < -0.3 is 19.3 Å². The van der Waals surface area contributed by atoms with E-state index in [9.17, 15) is 9.90 Å². The Hall–Kier alpha value is -3.74. The molecule has 4 rings (SSSR count). The molecule has 29 heavy (non-hydrogen) atoms. The monoisotopic (exact) mass is 392 g/mol. The molecule has 0 saturated carbocycles. The number of amides is 1. The fraction of sp³-hybridized carbons (Fsp3) is 0.182. The molecule has 0 unspecified atom stereocenters. The summed E-state index contributed by atoms with van der Waals surface area (Å²) in [6.07, 6.45) is 0.519. The number of carbonyl (C=O) groups excluding carboxylic acids is 1. The van der Waals surface area contributed by atoms with Crippen molar-refractivity contribution in [3.8, 4) is 23.0 Å². The van der Waals surface area contributed by atoms with E-state index in [2.05, 4.69) is 10.5 Å². The third-order valence-electron chi connectivity index (χ3n) is 4.47. The summed E-state index contributed by atoms with van der Waals surface area (Å²) in [7, 11) is 0. The molecule has 0 aliphatic carbocycles. The summed E-state index contributed by atoms with van der Waals surface area (Å²) in [6, 6.07) is 16.6. The highest BCUT2D eigenvalue weighted by molar-refractivity contribution is 5.89. The fourth-order valence-corrected chi connectivity index (χ4v) is 3.04. The van der Waals surface area contributed by atoms with Crippen LogP contribution in [0.15, 0.2) is 59.7 Å². The number of nitrogens with zero attached hydrogens (tertiary/aromatic N) is 1. The molecule has 148 valence electrons. The fourth-order valence-electron chi connectivity index (χ4n) is 3.04. The van der Waals surface area contributed by atoms with E-state index in [1.807, 2.05) is 43.3 Å². The molecule has 0 saturated heterocycles. The SMILES string of the molecule is CCOc1cccc(/C=N/NC(=O)[C@H]2COc3cc4ccccc4cc3O2)c1O. The summed E-state index contributed by atoms with van der Waals surface area (Å²) in [6.45, 7) is 2.34. The first-order chi connectivity index (χ1) is 14.2. The van der Waals surface area contributed by atoms with Gasteiger partial charge in [0.15, 0.2) is 23.0 Å². The zero-order valence-electron chi connectivity index (χ0n) is 15.8. The smallest absolute Gasteiger partial charge is 0.284 e. The highest BCUT2D eigenvalue weighted by Crippen LogP contribution is 2.35. The quantitative estimate of drug-likeness (QED) is 0.514. The van der Waals surface area contributed by atoms with Crippen LogP contribution in [0.4, 0.5) is 0 Å². The molecule has 2 N–H and O–H groups in total. The molecule has 1 amide bonds. The van der Waals surface area contributed by atoms with Gasteiger partial charge in [0, 0.05) is 5.56 Å². The molecule has 1 aliphatic rings. The minimum atomic E-state index is -0.829. The lowest BCUT2D eigenvalue weighted by molar-refractivity contribution is -0.130. The number of carbonyl (C=O) groups is 1. The maximum Gasteiger partial charge on any atom is 0.284 e. The third kappa shape index (κ3) is 3.94. The molecule has 1 heterocycles. The van der Waals surface area contributed by atoms with Gasteiger partial charge in [-0.15, -0.1) is 0 Å². The minimum Gasteiger partial charge on any atom is -0.504 e. The van der Waals surface area contributed by atoms with Crippen LogP contribution in [0.1, 0.15) is 12.5 Å². The molecule has 3 aromatic carbocycles. The van der Waals surface area contributed by atoms with Crippen molar-refractivity contribution in [3.63, 3.8) is 0 Å². The number of fused-ring (bicyclic) bond motifs is 2. The van der Waals surface area contributed by atoms with E-state index in [4.69, 9.17) is 14.2 Å². The van der Waals surface area contributed by atoms with Gasteiger partial charge in [0.05, 0.1) is 12.8 Å². The largest absolute Gasteiger partial charge is 0.504 e. The first-order valence-electron chi connectivity index (χ1n) is 9.25. The Balaban J connectivity index is 1.43. The van der Waals surface area contributed by atoms with Crippen molar-refractivity contribution < 1.29 is 24.1 Å². The number of aromatic hydroxyl groups is 1. The molecule has 0 spiro atoms. The first-order valence-corrected chi connectivity index (χ1v) is 9.25. The van der Waals surface area contributed by atoms with Crippen molar-refractivity contribution in [2.45, 2.75) is 13.0 Å². The van der Waals surface area contributed by atoms with E-state index < -0.39 is 12.0 Å². The predicted octanol–water partition coefficient (Wildman–Crippen LogP) is 3.23. The van der Waals surface area contributed by atoms with Crippen LogP contribution in [0.2, 0.25) is 0 Å². The highest BCUT2D eigenvalue weighted by Gasteiger charge is 2.27. The summed E-state index contributed by atoms with van der Waals surface area (Å²) >= 11 is 0. The van der Waals surface area contributed by atoms with Gasteiger partial charge >= 0.3 is 0 Å². The van der Waals surface area contributed by atoms with E-state index in [1.54, 1.807) is 18.2 Å². The van der Waals surface area contributed by atoms with Crippen LogP contribution in [0.3, 0.4) is 0 Å². The molecular formula is C22H20N2O5. The summed E-state index contributed by atoms with van der Waals surface area (Å²) in [5.41, 5.74) is 2.85. The zero-order chi connectivity index (χ0) is 20.2. The first kappa shape index (κ1) is 18.6. The average Bonchev–Trinajstić information content (AvgIpc) is 2.74. The van der Waals surface area contributed by atoms with E-state index >= 15 is 0 Å². The van der Waals surface area contributed by atoms with Crippen LogP contribution >= 0.6 is 0 Å². The lowest BCUT2D eigenvalue weighted by atomic mass is 10.1. The molecule has 1 aliphatic heterocycles. The van der Waals surface area contributed by atoms with Crippen molar-refractivity contribution in [1.29, 1.82) is 0 Å². The molecule has 0 bridgehead atoms. The summed E-state index contributed by atoms with van der Waals surface area (Å²) in [5, 5.41) is 16.1. The lowest BCUT2D eigenvalue weighted by Gasteiger charge is -2.25.